The number of hydrogen-bond acceptors (Lipinski definition) is 5. The molecule has 1 atom stereocenters. The molecule has 0 radical (unpaired) electrons. The highest BCUT2D eigenvalue weighted by Gasteiger charge is 2.20. The van der Waals surface area contributed by atoms with Crippen molar-refractivity contribution in [2.45, 2.75) is 33.2 Å². The van der Waals surface area contributed by atoms with Gasteiger partial charge in [-0.25, -0.2) is 0 Å². The molecular formula is C28H29N5. The van der Waals surface area contributed by atoms with Crippen molar-refractivity contribution in [3.8, 4) is 17.3 Å². The monoisotopic (exact) mass is 435 g/mol. The maximum Gasteiger partial charge on any atom is 0.0991 e. The van der Waals surface area contributed by atoms with Crippen molar-refractivity contribution >= 4 is 17.3 Å². The number of aryl methyl sites for hydroxylation is 1. The van der Waals surface area contributed by atoms with E-state index < -0.39 is 0 Å². The van der Waals surface area contributed by atoms with E-state index in [-0.39, 0.29) is 0 Å². The summed E-state index contributed by atoms with van der Waals surface area (Å²) in [6.07, 6.45) is 9.09. The average molecular weight is 436 g/mol. The number of nitrogens with zero attached hydrogens (tertiary/aromatic N) is 4. The van der Waals surface area contributed by atoms with Crippen LogP contribution in [0.4, 0.5) is 5.69 Å². The van der Waals surface area contributed by atoms with Gasteiger partial charge < -0.3 is 5.73 Å². The Morgan fingerprint density at radius 2 is 1.94 bits per heavy atom. The molecule has 3 heterocycles. The summed E-state index contributed by atoms with van der Waals surface area (Å²) >= 11 is 0. The number of anilines is 1. The lowest BCUT2D eigenvalue weighted by molar-refractivity contribution is 0.258. The second kappa shape index (κ2) is 9.81. The maximum absolute atomic E-state index is 9.01. The van der Waals surface area contributed by atoms with Gasteiger partial charge in [-0.1, -0.05) is 29.9 Å². The summed E-state index contributed by atoms with van der Waals surface area (Å²) in [5, 5.41) is 9.01. The smallest absolute Gasteiger partial charge is 0.0991 e. The zero-order valence-corrected chi connectivity index (χ0v) is 19.4. The van der Waals surface area contributed by atoms with E-state index in [9.17, 15) is 0 Å². The van der Waals surface area contributed by atoms with Gasteiger partial charge in [-0.15, -0.1) is 0 Å². The predicted octanol–water partition coefficient (Wildman–Crippen LogP) is 5.49. The molecule has 166 valence electrons. The molecule has 1 aliphatic rings. The summed E-state index contributed by atoms with van der Waals surface area (Å²) in [7, 11) is 0. The van der Waals surface area contributed by atoms with Gasteiger partial charge in [0.25, 0.3) is 0 Å². The van der Waals surface area contributed by atoms with Crippen LogP contribution in [0.1, 0.15) is 42.7 Å². The van der Waals surface area contributed by atoms with E-state index in [2.05, 4.69) is 46.9 Å². The number of rotatable bonds is 5. The minimum absolute atomic E-state index is 0.301. The number of hydrogen-bond donors (Lipinski definition) is 1. The van der Waals surface area contributed by atoms with E-state index in [1.165, 1.54) is 16.7 Å². The minimum Gasteiger partial charge on any atom is -0.397 e. The van der Waals surface area contributed by atoms with Crippen molar-refractivity contribution in [2.24, 2.45) is 0 Å². The summed E-state index contributed by atoms with van der Waals surface area (Å²) in [4.78, 5) is 11.5. The molecule has 0 amide bonds. The SMILES string of the molecule is C/C(=C\c1c(-c2ccc(N)cn2)ccnc1C)C(C)N1CC=C(c2ccc(C#N)cc2)CC1. The van der Waals surface area contributed by atoms with Crippen molar-refractivity contribution in [2.75, 3.05) is 18.8 Å². The topological polar surface area (TPSA) is 78.8 Å². The lowest BCUT2D eigenvalue weighted by Crippen LogP contribution is -2.37. The van der Waals surface area contributed by atoms with Crippen LogP contribution >= 0.6 is 0 Å². The fourth-order valence-electron chi connectivity index (χ4n) is 4.24. The fraction of sp³-hybridized carbons (Fsp3) is 0.250. The van der Waals surface area contributed by atoms with Crippen LogP contribution in [-0.4, -0.2) is 34.0 Å². The molecule has 5 heteroatoms. The Hall–Kier alpha value is -3.75. The minimum atomic E-state index is 0.301. The van der Waals surface area contributed by atoms with Crippen LogP contribution in [-0.2, 0) is 0 Å². The first-order valence-corrected chi connectivity index (χ1v) is 11.3. The fourth-order valence-corrected chi connectivity index (χ4v) is 4.24. The van der Waals surface area contributed by atoms with E-state index in [1.54, 1.807) is 6.20 Å². The Morgan fingerprint density at radius 3 is 2.58 bits per heavy atom. The van der Waals surface area contributed by atoms with E-state index in [0.717, 1.165) is 42.0 Å². The molecular weight excluding hydrogens is 406 g/mol. The molecule has 5 nitrogen and oxygen atoms in total. The normalized spacial score (nSPS) is 15.6. The third-order valence-corrected chi connectivity index (χ3v) is 6.46. The lowest BCUT2D eigenvalue weighted by atomic mass is 9.95. The number of nitrogen functional groups attached to an aromatic ring is 1. The van der Waals surface area contributed by atoms with Crippen molar-refractivity contribution in [3.63, 3.8) is 0 Å². The van der Waals surface area contributed by atoms with Gasteiger partial charge in [-0.3, -0.25) is 14.9 Å². The Balaban J connectivity index is 1.54. The molecule has 3 aromatic rings. The van der Waals surface area contributed by atoms with Crippen LogP contribution in [0.3, 0.4) is 0 Å². The number of nitrogens with two attached hydrogens (primary N) is 1. The Labute approximate surface area is 195 Å². The van der Waals surface area contributed by atoms with Crippen molar-refractivity contribution in [1.29, 1.82) is 5.26 Å². The van der Waals surface area contributed by atoms with Crippen LogP contribution in [0.2, 0.25) is 0 Å². The third-order valence-electron chi connectivity index (χ3n) is 6.46. The molecule has 4 rings (SSSR count). The van der Waals surface area contributed by atoms with Gasteiger partial charge in [-0.2, -0.15) is 5.26 Å². The Bertz CT molecular complexity index is 1230. The second-order valence-corrected chi connectivity index (χ2v) is 8.56. The van der Waals surface area contributed by atoms with Crippen LogP contribution < -0.4 is 5.73 Å². The molecule has 1 aliphatic heterocycles. The summed E-state index contributed by atoms with van der Waals surface area (Å²) in [5.74, 6) is 0. The van der Waals surface area contributed by atoms with Gasteiger partial charge in [0.1, 0.15) is 0 Å². The lowest BCUT2D eigenvalue weighted by Gasteiger charge is -2.32. The first kappa shape index (κ1) is 22.4. The van der Waals surface area contributed by atoms with Crippen LogP contribution in [0.25, 0.3) is 22.9 Å². The largest absolute Gasteiger partial charge is 0.397 e. The molecule has 2 aromatic heterocycles. The summed E-state index contributed by atoms with van der Waals surface area (Å²) in [6, 6.07) is 16.2. The molecule has 0 saturated heterocycles. The zero-order chi connectivity index (χ0) is 23.4. The summed E-state index contributed by atoms with van der Waals surface area (Å²) < 4.78 is 0. The first-order valence-electron chi connectivity index (χ1n) is 11.3. The number of benzene rings is 1. The first-order chi connectivity index (χ1) is 16.0. The molecule has 33 heavy (non-hydrogen) atoms. The Kier molecular flexibility index (Phi) is 6.67. The Morgan fingerprint density at radius 1 is 1.15 bits per heavy atom. The highest BCUT2D eigenvalue weighted by Crippen LogP contribution is 2.29. The van der Waals surface area contributed by atoms with Gasteiger partial charge >= 0.3 is 0 Å². The molecule has 1 aromatic carbocycles. The second-order valence-electron chi connectivity index (χ2n) is 8.56. The van der Waals surface area contributed by atoms with Crippen molar-refractivity contribution < 1.29 is 0 Å². The molecule has 0 aliphatic carbocycles. The van der Waals surface area contributed by atoms with E-state index >= 15 is 0 Å². The highest BCUT2D eigenvalue weighted by molar-refractivity contribution is 5.75. The molecule has 2 N–H and O–H groups in total. The van der Waals surface area contributed by atoms with Gasteiger partial charge in [0.2, 0.25) is 0 Å². The third kappa shape index (κ3) is 5.02. The van der Waals surface area contributed by atoms with E-state index in [0.29, 0.717) is 17.3 Å². The maximum atomic E-state index is 9.01. The van der Waals surface area contributed by atoms with Gasteiger partial charge in [-0.05, 0) is 68.7 Å². The molecule has 1 unspecified atom stereocenters. The van der Waals surface area contributed by atoms with E-state index in [4.69, 9.17) is 11.0 Å². The van der Waals surface area contributed by atoms with Crippen LogP contribution in [0, 0.1) is 18.3 Å². The standard InChI is InChI=1S/C28H29N5/c1-19(16-27-20(2)31-13-10-26(27)28-9-8-25(30)18-32-28)21(3)33-14-11-24(12-15-33)23-6-4-22(17-29)5-7-23/h4-11,13,16,18,21H,12,14-15,30H2,1-3H3/b19-16+. The summed E-state index contributed by atoms with van der Waals surface area (Å²) in [6.45, 7) is 8.39. The summed E-state index contributed by atoms with van der Waals surface area (Å²) in [5.41, 5.74) is 15.1. The molecule has 0 saturated carbocycles. The quantitative estimate of drug-likeness (QED) is 0.573. The zero-order valence-electron chi connectivity index (χ0n) is 19.4. The number of aromatic nitrogens is 2. The predicted molar refractivity (Wildman–Crippen MR) is 135 cm³/mol. The van der Waals surface area contributed by atoms with Crippen LogP contribution in [0.15, 0.2) is 66.5 Å². The van der Waals surface area contributed by atoms with E-state index in [1.807, 2.05) is 55.6 Å². The van der Waals surface area contributed by atoms with Gasteiger partial charge in [0, 0.05) is 42.1 Å². The number of nitriles is 1. The molecule has 0 fully saturated rings. The average Bonchev–Trinajstić information content (AvgIpc) is 2.85. The molecule has 0 spiro atoms. The van der Waals surface area contributed by atoms with Crippen molar-refractivity contribution in [3.05, 3.63) is 88.9 Å². The highest BCUT2D eigenvalue weighted by atomic mass is 15.1. The molecule has 0 bridgehead atoms. The van der Waals surface area contributed by atoms with Gasteiger partial charge in [0.15, 0.2) is 0 Å². The number of pyridine rings is 2. The van der Waals surface area contributed by atoms with Crippen LogP contribution in [0.5, 0.6) is 0 Å². The van der Waals surface area contributed by atoms with Crippen molar-refractivity contribution in [1.82, 2.24) is 14.9 Å². The van der Waals surface area contributed by atoms with Gasteiger partial charge in [0.05, 0.1) is 29.2 Å².